The van der Waals surface area contributed by atoms with Gasteiger partial charge in [-0.2, -0.15) is 0 Å². The summed E-state index contributed by atoms with van der Waals surface area (Å²) in [7, 11) is 0. The van der Waals surface area contributed by atoms with E-state index in [9.17, 15) is 5.11 Å². The molecule has 1 heteroatoms. The van der Waals surface area contributed by atoms with Crippen LogP contribution in [0, 0.1) is 5.92 Å². The summed E-state index contributed by atoms with van der Waals surface area (Å²) in [4.78, 5) is 0. The van der Waals surface area contributed by atoms with Gasteiger partial charge >= 0.3 is 0 Å². The van der Waals surface area contributed by atoms with Gasteiger partial charge in [-0.1, -0.05) is 20.3 Å². The van der Waals surface area contributed by atoms with Crippen LogP contribution in [-0.4, -0.2) is 10.7 Å². The van der Waals surface area contributed by atoms with Gasteiger partial charge in [0, 0.05) is 0 Å². The van der Waals surface area contributed by atoms with Crippen LogP contribution in [0.3, 0.4) is 0 Å². The van der Waals surface area contributed by atoms with Crippen molar-refractivity contribution in [2.75, 3.05) is 0 Å². The Morgan fingerprint density at radius 2 is 2.25 bits per heavy atom. The van der Waals surface area contributed by atoms with Gasteiger partial charge in [-0.15, -0.1) is 0 Å². The van der Waals surface area contributed by atoms with E-state index >= 15 is 0 Å². The van der Waals surface area contributed by atoms with Gasteiger partial charge in [0.1, 0.15) is 0 Å². The highest BCUT2D eigenvalue weighted by Gasteiger charge is 2.48. The molecule has 8 heavy (non-hydrogen) atoms. The normalized spacial score (nSPS) is 44.6. The van der Waals surface area contributed by atoms with E-state index in [1.54, 1.807) is 0 Å². The fraction of sp³-hybridized carbons (Fsp3) is 1.00. The van der Waals surface area contributed by atoms with Gasteiger partial charge in [-0.25, -0.2) is 0 Å². The van der Waals surface area contributed by atoms with Crippen molar-refractivity contribution in [3.05, 3.63) is 0 Å². The first-order chi connectivity index (χ1) is 3.69. The first-order valence-electron chi connectivity index (χ1n) is 3.41. The third kappa shape index (κ3) is 0.873. The zero-order valence-corrected chi connectivity index (χ0v) is 5.65. The highest BCUT2D eigenvalue weighted by Crippen LogP contribution is 2.45. The maximum Gasteiger partial charge on any atom is 0.0677 e. The zero-order valence-electron chi connectivity index (χ0n) is 5.65. The van der Waals surface area contributed by atoms with Crippen molar-refractivity contribution in [3.63, 3.8) is 0 Å². The van der Waals surface area contributed by atoms with Gasteiger partial charge < -0.3 is 5.11 Å². The van der Waals surface area contributed by atoms with E-state index in [2.05, 4.69) is 13.8 Å². The predicted octanol–water partition coefficient (Wildman–Crippen LogP) is 1.56. The molecule has 0 aromatic heterocycles. The van der Waals surface area contributed by atoms with E-state index in [4.69, 9.17) is 0 Å². The molecule has 1 fully saturated rings. The predicted molar refractivity (Wildman–Crippen MR) is 33.6 cm³/mol. The summed E-state index contributed by atoms with van der Waals surface area (Å²) in [5.41, 5.74) is -0.241. The number of hydrogen-bond donors (Lipinski definition) is 1. The summed E-state index contributed by atoms with van der Waals surface area (Å²) in [6.45, 7) is 4.22. The maximum atomic E-state index is 9.40. The molecule has 1 N–H and O–H groups in total. The van der Waals surface area contributed by atoms with Crippen LogP contribution in [0.4, 0.5) is 0 Å². The van der Waals surface area contributed by atoms with Crippen LogP contribution in [0.2, 0.25) is 0 Å². The lowest BCUT2D eigenvalue weighted by atomic mass is 10.1. The Kier molecular flexibility index (Phi) is 1.31. The minimum atomic E-state index is -0.241. The minimum Gasteiger partial charge on any atom is -0.390 e. The average molecular weight is 114 g/mol. The average Bonchev–Trinajstić information content (AvgIpc) is 2.16. The molecule has 1 aliphatic carbocycles. The quantitative estimate of drug-likeness (QED) is 0.577. The van der Waals surface area contributed by atoms with Crippen LogP contribution in [0.15, 0.2) is 0 Å². The molecular weight excluding hydrogens is 100 g/mol. The van der Waals surface area contributed by atoms with Crippen molar-refractivity contribution in [1.29, 1.82) is 0 Å². The zero-order chi connectivity index (χ0) is 6.20. The smallest absolute Gasteiger partial charge is 0.0677 e. The van der Waals surface area contributed by atoms with Gasteiger partial charge in [-0.05, 0) is 18.8 Å². The first kappa shape index (κ1) is 6.09. The van der Waals surface area contributed by atoms with Gasteiger partial charge in [0.05, 0.1) is 5.60 Å². The van der Waals surface area contributed by atoms with E-state index in [-0.39, 0.29) is 5.60 Å². The van der Waals surface area contributed by atoms with Crippen LogP contribution in [0.1, 0.15) is 33.1 Å². The van der Waals surface area contributed by atoms with Crippen molar-refractivity contribution in [2.45, 2.75) is 38.7 Å². The molecule has 0 saturated heterocycles. The van der Waals surface area contributed by atoms with Crippen molar-refractivity contribution in [3.8, 4) is 0 Å². The second-order valence-electron chi connectivity index (χ2n) is 2.96. The molecule has 0 spiro atoms. The van der Waals surface area contributed by atoms with Crippen LogP contribution in [-0.2, 0) is 0 Å². The summed E-state index contributed by atoms with van der Waals surface area (Å²) in [5.74, 6) is 0.572. The lowest BCUT2D eigenvalue weighted by Gasteiger charge is -2.03. The van der Waals surface area contributed by atoms with E-state index in [0.29, 0.717) is 5.92 Å². The molecule has 0 unspecified atom stereocenters. The fourth-order valence-corrected chi connectivity index (χ4v) is 1.25. The molecule has 1 rings (SSSR count). The molecule has 0 heterocycles. The molecule has 1 aliphatic rings. The fourth-order valence-electron chi connectivity index (χ4n) is 1.25. The molecule has 2 atom stereocenters. The Hall–Kier alpha value is -0.0400. The molecule has 48 valence electrons. The van der Waals surface area contributed by atoms with Crippen molar-refractivity contribution >= 4 is 0 Å². The van der Waals surface area contributed by atoms with Gasteiger partial charge in [0.25, 0.3) is 0 Å². The summed E-state index contributed by atoms with van der Waals surface area (Å²) in [6, 6.07) is 0. The molecule has 1 saturated carbocycles. The first-order valence-corrected chi connectivity index (χ1v) is 3.41. The number of rotatable bonds is 2. The van der Waals surface area contributed by atoms with E-state index < -0.39 is 0 Å². The number of hydrogen-bond acceptors (Lipinski definition) is 1. The Balaban J connectivity index is 2.25. The molecule has 0 radical (unpaired) electrons. The lowest BCUT2D eigenvalue weighted by Crippen LogP contribution is -2.08. The molecule has 0 aromatic carbocycles. The maximum absolute atomic E-state index is 9.40. The van der Waals surface area contributed by atoms with Crippen LogP contribution in [0.25, 0.3) is 0 Å². The largest absolute Gasteiger partial charge is 0.390 e. The Morgan fingerprint density at radius 1 is 1.75 bits per heavy atom. The molecule has 0 amide bonds. The molecular formula is C7H14O. The number of aliphatic hydroxyl groups is 1. The highest BCUT2D eigenvalue weighted by atomic mass is 16.3. The molecule has 0 aliphatic heterocycles. The monoisotopic (exact) mass is 114 g/mol. The van der Waals surface area contributed by atoms with E-state index in [0.717, 1.165) is 19.3 Å². The van der Waals surface area contributed by atoms with E-state index in [1.807, 2.05) is 0 Å². The highest BCUT2D eigenvalue weighted by molar-refractivity contribution is 4.99. The third-order valence-corrected chi connectivity index (χ3v) is 2.10. The van der Waals surface area contributed by atoms with Gasteiger partial charge in [0.15, 0.2) is 0 Å². The Morgan fingerprint density at radius 3 is 2.38 bits per heavy atom. The summed E-state index contributed by atoms with van der Waals surface area (Å²) in [5, 5.41) is 9.40. The second kappa shape index (κ2) is 1.73. The molecule has 0 aromatic rings. The molecule has 0 bridgehead atoms. The van der Waals surface area contributed by atoms with Gasteiger partial charge in [-0.3, -0.25) is 0 Å². The second-order valence-corrected chi connectivity index (χ2v) is 2.96. The summed E-state index contributed by atoms with van der Waals surface area (Å²) >= 11 is 0. The summed E-state index contributed by atoms with van der Waals surface area (Å²) < 4.78 is 0. The lowest BCUT2D eigenvalue weighted by molar-refractivity contribution is 0.123. The van der Waals surface area contributed by atoms with Crippen LogP contribution >= 0.6 is 0 Å². The van der Waals surface area contributed by atoms with E-state index in [1.165, 1.54) is 0 Å². The SMILES string of the molecule is CCC[C@@]1(O)C[C@@H]1C. The Bertz CT molecular complexity index is 90.4. The minimum absolute atomic E-state index is 0.241. The summed E-state index contributed by atoms with van der Waals surface area (Å²) in [6.07, 6.45) is 3.13. The van der Waals surface area contributed by atoms with Crippen LogP contribution in [0.5, 0.6) is 0 Å². The van der Waals surface area contributed by atoms with Crippen LogP contribution < -0.4 is 0 Å². The third-order valence-electron chi connectivity index (χ3n) is 2.10. The molecule has 1 nitrogen and oxygen atoms in total. The van der Waals surface area contributed by atoms with Crippen molar-refractivity contribution in [1.82, 2.24) is 0 Å². The standard InChI is InChI=1S/C7H14O/c1-3-4-7(8)5-6(7)2/h6,8H,3-5H2,1-2H3/t6-,7+/m0/s1. The van der Waals surface area contributed by atoms with Gasteiger partial charge in [0.2, 0.25) is 0 Å². The van der Waals surface area contributed by atoms with Crippen molar-refractivity contribution in [2.24, 2.45) is 5.92 Å². The van der Waals surface area contributed by atoms with Crippen molar-refractivity contribution < 1.29 is 5.11 Å². The topological polar surface area (TPSA) is 20.2 Å². The Labute approximate surface area is 50.7 Å².